The van der Waals surface area contributed by atoms with Crippen LogP contribution in [0.3, 0.4) is 0 Å². The third-order valence-electron chi connectivity index (χ3n) is 2.66. The molecule has 2 amide bonds. The topological polar surface area (TPSA) is 100 Å². The lowest BCUT2D eigenvalue weighted by atomic mass is 10.2. The molecule has 22 heavy (non-hydrogen) atoms. The monoisotopic (exact) mass is 303 g/mol. The van der Waals surface area contributed by atoms with Crippen LogP contribution in [-0.4, -0.2) is 25.7 Å². The van der Waals surface area contributed by atoms with Gasteiger partial charge in [0.1, 0.15) is 17.4 Å². The molecule has 0 saturated carbocycles. The summed E-state index contributed by atoms with van der Waals surface area (Å²) < 4.78 is 9.66. The van der Waals surface area contributed by atoms with E-state index in [4.69, 9.17) is 10.00 Å². The molecule has 1 aromatic carbocycles. The molecule has 0 radical (unpaired) electrons. The molecule has 0 unspecified atom stereocenters. The van der Waals surface area contributed by atoms with Gasteiger partial charge >= 0.3 is 6.09 Å². The second kappa shape index (κ2) is 8.32. The number of rotatable bonds is 5. The second-order valence-corrected chi connectivity index (χ2v) is 4.17. The van der Waals surface area contributed by atoms with E-state index in [2.05, 4.69) is 10.1 Å². The zero-order chi connectivity index (χ0) is 16.5. The molecule has 0 fully saturated rings. The number of benzene rings is 1. The molecule has 7 heteroatoms. The highest BCUT2D eigenvalue weighted by Gasteiger charge is 2.13. The van der Waals surface area contributed by atoms with Crippen LogP contribution < -0.4 is 15.4 Å². The zero-order valence-corrected chi connectivity index (χ0v) is 12.6. The summed E-state index contributed by atoms with van der Waals surface area (Å²) in [6.45, 7) is 3.59. The molecule has 0 heterocycles. The van der Waals surface area contributed by atoms with E-state index in [0.717, 1.165) is 5.56 Å². The molecule has 2 N–H and O–H groups in total. The van der Waals surface area contributed by atoms with Gasteiger partial charge in [0.2, 0.25) is 0 Å². The lowest BCUT2D eigenvalue weighted by molar-refractivity contribution is -0.116. The Balaban J connectivity index is 2.79. The highest BCUT2D eigenvalue weighted by atomic mass is 16.5. The molecular formula is C15H17N3O4. The molecule has 0 aromatic heterocycles. The van der Waals surface area contributed by atoms with Gasteiger partial charge in [-0.2, -0.15) is 5.26 Å². The smallest absolute Gasteiger partial charge is 0.414 e. The van der Waals surface area contributed by atoms with Gasteiger partial charge < -0.3 is 14.8 Å². The van der Waals surface area contributed by atoms with Gasteiger partial charge in [0.05, 0.1) is 13.7 Å². The number of nitrogens with one attached hydrogen (secondary N) is 2. The van der Waals surface area contributed by atoms with Crippen LogP contribution in [-0.2, 0) is 9.53 Å². The number of carbonyl (C=O) groups is 2. The van der Waals surface area contributed by atoms with E-state index in [9.17, 15) is 9.59 Å². The molecule has 0 bridgehead atoms. The standard InChI is InChI=1S/C15H17N3O4/c1-4-22-15(20)18-14(19)11(8-16)9-17-13-6-5-12(21-3)7-10(13)2/h5-7,9,17H,4H2,1-3H3,(H,18,19,20). The second-order valence-electron chi connectivity index (χ2n) is 4.17. The van der Waals surface area contributed by atoms with Crippen molar-refractivity contribution in [3.8, 4) is 11.8 Å². The van der Waals surface area contributed by atoms with Crippen molar-refractivity contribution in [3.63, 3.8) is 0 Å². The van der Waals surface area contributed by atoms with Crippen molar-refractivity contribution < 1.29 is 19.1 Å². The normalized spacial score (nSPS) is 10.4. The van der Waals surface area contributed by atoms with Gasteiger partial charge in [0.25, 0.3) is 5.91 Å². The van der Waals surface area contributed by atoms with Gasteiger partial charge in [-0.3, -0.25) is 10.1 Å². The predicted molar refractivity (Wildman–Crippen MR) is 80.2 cm³/mol. The quantitative estimate of drug-likeness (QED) is 0.638. The first-order chi connectivity index (χ1) is 10.5. The van der Waals surface area contributed by atoms with Crippen LogP contribution in [0, 0.1) is 18.3 Å². The molecule has 1 aromatic rings. The number of hydrogen-bond donors (Lipinski definition) is 2. The molecule has 0 aliphatic rings. The minimum atomic E-state index is -0.894. The molecule has 116 valence electrons. The highest BCUT2D eigenvalue weighted by Crippen LogP contribution is 2.21. The molecule has 0 aliphatic carbocycles. The summed E-state index contributed by atoms with van der Waals surface area (Å²) >= 11 is 0. The summed E-state index contributed by atoms with van der Waals surface area (Å²) in [4.78, 5) is 22.9. The summed E-state index contributed by atoms with van der Waals surface area (Å²) in [7, 11) is 1.56. The number of anilines is 1. The fourth-order valence-corrected chi connectivity index (χ4v) is 1.55. The summed E-state index contributed by atoms with van der Waals surface area (Å²) in [5, 5.41) is 13.8. The minimum absolute atomic E-state index is 0.133. The number of aryl methyl sites for hydroxylation is 1. The van der Waals surface area contributed by atoms with E-state index in [1.807, 2.05) is 12.2 Å². The summed E-state index contributed by atoms with van der Waals surface area (Å²) in [5.74, 6) is -0.132. The summed E-state index contributed by atoms with van der Waals surface area (Å²) in [6.07, 6.45) is 0.331. The lowest BCUT2D eigenvalue weighted by Crippen LogP contribution is -2.32. The Bertz CT molecular complexity index is 632. The van der Waals surface area contributed by atoms with E-state index in [0.29, 0.717) is 11.4 Å². The Kier molecular flexibility index (Phi) is 6.44. The number of hydrogen-bond acceptors (Lipinski definition) is 6. The number of nitriles is 1. The Morgan fingerprint density at radius 3 is 2.68 bits per heavy atom. The van der Waals surface area contributed by atoms with Crippen molar-refractivity contribution in [3.05, 3.63) is 35.5 Å². The Morgan fingerprint density at radius 2 is 2.14 bits per heavy atom. The number of imide groups is 1. The van der Waals surface area contributed by atoms with Crippen LogP contribution in [0.1, 0.15) is 12.5 Å². The zero-order valence-electron chi connectivity index (χ0n) is 12.6. The molecule has 1 rings (SSSR count). The number of amides is 2. The van der Waals surface area contributed by atoms with Crippen LogP contribution in [0.2, 0.25) is 0 Å². The molecule has 0 atom stereocenters. The summed E-state index contributed by atoms with van der Waals surface area (Å²) in [6, 6.07) is 7.02. The first-order valence-corrected chi connectivity index (χ1v) is 6.51. The van der Waals surface area contributed by atoms with Gasteiger partial charge in [-0.25, -0.2) is 4.79 Å². The van der Waals surface area contributed by atoms with Crippen molar-refractivity contribution in [2.24, 2.45) is 0 Å². The fraction of sp³-hybridized carbons (Fsp3) is 0.267. The molecular weight excluding hydrogens is 286 g/mol. The van der Waals surface area contributed by atoms with Crippen LogP contribution in [0.4, 0.5) is 10.5 Å². The van der Waals surface area contributed by atoms with E-state index < -0.39 is 12.0 Å². The highest BCUT2D eigenvalue weighted by molar-refractivity contribution is 6.05. The van der Waals surface area contributed by atoms with Crippen molar-refractivity contribution >= 4 is 17.7 Å². The number of ether oxygens (including phenoxy) is 2. The van der Waals surface area contributed by atoms with E-state index >= 15 is 0 Å². The first-order valence-electron chi connectivity index (χ1n) is 6.51. The third kappa shape index (κ3) is 4.83. The van der Waals surface area contributed by atoms with Crippen LogP contribution >= 0.6 is 0 Å². The number of methoxy groups -OCH3 is 1. The maximum atomic E-state index is 11.7. The average molecular weight is 303 g/mol. The third-order valence-corrected chi connectivity index (χ3v) is 2.66. The molecule has 7 nitrogen and oxygen atoms in total. The van der Waals surface area contributed by atoms with Crippen molar-refractivity contribution in [1.82, 2.24) is 5.32 Å². The first kappa shape index (κ1) is 17.0. The summed E-state index contributed by atoms with van der Waals surface area (Å²) in [5.41, 5.74) is 1.33. The number of carbonyl (C=O) groups excluding carboxylic acids is 2. The molecule has 0 spiro atoms. The Hall–Kier alpha value is -3.01. The van der Waals surface area contributed by atoms with Gasteiger partial charge in [-0.15, -0.1) is 0 Å². The van der Waals surface area contributed by atoms with E-state index in [1.165, 1.54) is 6.20 Å². The van der Waals surface area contributed by atoms with Gasteiger partial charge in [-0.05, 0) is 37.6 Å². The SMILES string of the molecule is CCOC(=O)NC(=O)C(C#N)=CNc1ccc(OC)cc1C. The molecule has 0 aliphatic heterocycles. The van der Waals surface area contributed by atoms with E-state index in [1.54, 1.807) is 38.3 Å². The van der Waals surface area contributed by atoms with Gasteiger partial charge in [0, 0.05) is 11.9 Å². The molecule has 0 saturated heterocycles. The van der Waals surface area contributed by atoms with Crippen LogP contribution in [0.15, 0.2) is 30.0 Å². The van der Waals surface area contributed by atoms with Crippen molar-refractivity contribution in [1.29, 1.82) is 5.26 Å². The largest absolute Gasteiger partial charge is 0.497 e. The number of nitrogens with zero attached hydrogens (tertiary/aromatic N) is 1. The fourth-order valence-electron chi connectivity index (χ4n) is 1.55. The number of alkyl carbamates (subject to hydrolysis) is 1. The van der Waals surface area contributed by atoms with Crippen LogP contribution in [0.5, 0.6) is 5.75 Å². The van der Waals surface area contributed by atoms with Crippen LogP contribution in [0.25, 0.3) is 0 Å². The maximum absolute atomic E-state index is 11.7. The predicted octanol–water partition coefficient (Wildman–Crippen LogP) is 2.10. The van der Waals surface area contributed by atoms with Crippen molar-refractivity contribution in [2.45, 2.75) is 13.8 Å². The Labute approximate surface area is 128 Å². The average Bonchev–Trinajstić information content (AvgIpc) is 2.49. The Morgan fingerprint density at radius 1 is 1.41 bits per heavy atom. The van der Waals surface area contributed by atoms with E-state index in [-0.39, 0.29) is 12.2 Å². The van der Waals surface area contributed by atoms with Crippen molar-refractivity contribution in [2.75, 3.05) is 19.0 Å². The maximum Gasteiger partial charge on any atom is 0.414 e. The van der Waals surface area contributed by atoms with Gasteiger partial charge in [0.15, 0.2) is 0 Å². The minimum Gasteiger partial charge on any atom is -0.497 e. The van der Waals surface area contributed by atoms with Gasteiger partial charge in [-0.1, -0.05) is 0 Å². The lowest BCUT2D eigenvalue weighted by Gasteiger charge is -2.08.